The summed E-state index contributed by atoms with van der Waals surface area (Å²) in [6.45, 7) is 0.166. The van der Waals surface area contributed by atoms with E-state index in [1.54, 1.807) is 0 Å². The van der Waals surface area contributed by atoms with Crippen molar-refractivity contribution in [1.29, 1.82) is 0 Å². The third-order valence-electron chi connectivity index (χ3n) is 4.54. The van der Waals surface area contributed by atoms with Gasteiger partial charge in [0.1, 0.15) is 11.7 Å². The highest BCUT2D eigenvalue weighted by atomic mass is 16.6. The fraction of sp³-hybridized carbons (Fsp3) is 0.833. The maximum Gasteiger partial charge on any atom is 0.279 e. The Labute approximate surface area is 125 Å². The number of epoxide rings is 1. The van der Waals surface area contributed by atoms with Gasteiger partial charge in [-0.25, -0.2) is 0 Å². The molecule has 1 spiro atoms. The van der Waals surface area contributed by atoms with Crippen LogP contribution < -0.4 is 10.6 Å². The second-order valence-electron chi connectivity index (χ2n) is 6.15. The number of carbonyl (C=O) groups is 2. The smallest absolute Gasteiger partial charge is 0.279 e. The fourth-order valence-electron chi connectivity index (χ4n) is 2.85. The summed E-state index contributed by atoms with van der Waals surface area (Å²) < 4.78 is 10.5. The van der Waals surface area contributed by atoms with Crippen LogP contribution in [0.4, 0.5) is 0 Å². The van der Waals surface area contributed by atoms with Gasteiger partial charge in [0.15, 0.2) is 5.60 Å². The van der Waals surface area contributed by atoms with Gasteiger partial charge < -0.3 is 40.5 Å². The van der Waals surface area contributed by atoms with Crippen molar-refractivity contribution in [3.63, 3.8) is 0 Å². The van der Waals surface area contributed by atoms with Crippen LogP contribution in [0.25, 0.3) is 0 Å². The molecule has 1 unspecified atom stereocenters. The van der Waals surface area contributed by atoms with Crippen LogP contribution >= 0.6 is 0 Å². The molecule has 0 saturated carbocycles. The first kappa shape index (κ1) is 15.6. The number of nitrogens with one attached hydrogen (secondary N) is 2. The molecule has 10 heteroatoms. The molecule has 2 amide bonds. The van der Waals surface area contributed by atoms with Crippen molar-refractivity contribution in [2.75, 3.05) is 19.8 Å². The first-order valence-corrected chi connectivity index (χ1v) is 6.80. The van der Waals surface area contributed by atoms with Crippen molar-refractivity contribution < 1.29 is 39.5 Å². The third kappa shape index (κ3) is 1.76. The Morgan fingerprint density at radius 1 is 1.32 bits per heavy atom. The Kier molecular flexibility index (Phi) is 3.10. The summed E-state index contributed by atoms with van der Waals surface area (Å²) in [6, 6.07) is 0. The van der Waals surface area contributed by atoms with E-state index in [-0.39, 0.29) is 19.6 Å². The molecule has 4 aliphatic rings. The third-order valence-corrected chi connectivity index (χ3v) is 4.54. The topological polar surface area (TPSA) is 161 Å². The molecule has 0 aromatic heterocycles. The van der Waals surface area contributed by atoms with Crippen LogP contribution in [0, 0.1) is 0 Å². The zero-order chi connectivity index (χ0) is 16.4. The summed E-state index contributed by atoms with van der Waals surface area (Å²) in [5.74, 6) is -2.05. The minimum absolute atomic E-state index is 0.0739. The van der Waals surface area contributed by atoms with E-state index < -0.39 is 47.2 Å². The van der Waals surface area contributed by atoms with Crippen LogP contribution in [0.5, 0.6) is 0 Å². The molecule has 2 bridgehead atoms. The van der Waals surface area contributed by atoms with Gasteiger partial charge in [-0.3, -0.25) is 9.59 Å². The van der Waals surface area contributed by atoms with Crippen molar-refractivity contribution >= 4 is 11.8 Å². The van der Waals surface area contributed by atoms with E-state index in [1.807, 2.05) is 0 Å². The maximum absolute atomic E-state index is 12.4. The molecule has 0 aromatic carbocycles. The number of hydrogen-bond donors (Lipinski definition) is 6. The second kappa shape index (κ2) is 4.37. The second-order valence-corrected chi connectivity index (χ2v) is 6.15. The van der Waals surface area contributed by atoms with Gasteiger partial charge in [-0.2, -0.15) is 0 Å². The molecule has 22 heavy (non-hydrogen) atoms. The zero-order valence-corrected chi connectivity index (χ0v) is 11.8. The van der Waals surface area contributed by atoms with Gasteiger partial charge in [0.05, 0.1) is 19.8 Å². The number of hydrogen-bond acceptors (Lipinski definition) is 8. The van der Waals surface area contributed by atoms with E-state index in [0.29, 0.717) is 0 Å². The van der Waals surface area contributed by atoms with Crippen LogP contribution in [0.3, 0.4) is 0 Å². The van der Waals surface area contributed by atoms with E-state index >= 15 is 0 Å². The van der Waals surface area contributed by atoms with E-state index in [4.69, 9.17) is 14.6 Å². The van der Waals surface area contributed by atoms with E-state index in [0.717, 1.165) is 6.92 Å². The van der Waals surface area contributed by atoms with Crippen molar-refractivity contribution in [2.45, 2.75) is 42.1 Å². The lowest BCUT2D eigenvalue weighted by Gasteiger charge is -2.50. The van der Waals surface area contributed by atoms with Crippen LogP contribution in [-0.4, -0.2) is 80.8 Å². The molecule has 6 N–H and O–H groups in total. The Morgan fingerprint density at radius 3 is 2.50 bits per heavy atom. The maximum atomic E-state index is 12.4. The predicted octanol–water partition coefficient (Wildman–Crippen LogP) is -4.09. The summed E-state index contributed by atoms with van der Waals surface area (Å²) >= 11 is 0. The lowest BCUT2D eigenvalue weighted by molar-refractivity contribution is -0.242. The molecule has 0 aromatic rings. The number of ether oxygens (including phenoxy) is 2. The Hall–Kier alpha value is -1.30. The average Bonchev–Trinajstić information content (AvgIpc) is 3.24. The summed E-state index contributed by atoms with van der Waals surface area (Å²) in [4.78, 5) is 24.7. The fourth-order valence-corrected chi connectivity index (χ4v) is 2.85. The Bertz CT molecular complexity index is 533. The quantitative estimate of drug-likeness (QED) is 0.286. The summed E-state index contributed by atoms with van der Waals surface area (Å²) in [6.07, 6.45) is -1.86. The molecule has 124 valence electrons. The van der Waals surface area contributed by atoms with Gasteiger partial charge in [0.25, 0.3) is 23.3 Å². The largest absolute Gasteiger partial charge is 0.393 e. The van der Waals surface area contributed by atoms with Crippen LogP contribution in [0.1, 0.15) is 13.3 Å². The van der Waals surface area contributed by atoms with Gasteiger partial charge in [-0.05, 0) is 6.92 Å². The average molecular weight is 318 g/mol. The van der Waals surface area contributed by atoms with Gasteiger partial charge in [-0.15, -0.1) is 0 Å². The molecule has 5 atom stereocenters. The molecule has 4 fully saturated rings. The van der Waals surface area contributed by atoms with Crippen LogP contribution in [0.2, 0.25) is 0 Å². The molecular formula is C12H18N2O8. The van der Waals surface area contributed by atoms with Crippen molar-refractivity contribution in [3.05, 3.63) is 0 Å². The number of aliphatic hydroxyl groups excluding tert-OH is 2. The van der Waals surface area contributed by atoms with Crippen molar-refractivity contribution in [1.82, 2.24) is 10.6 Å². The molecule has 0 radical (unpaired) electrons. The first-order chi connectivity index (χ1) is 10.1. The van der Waals surface area contributed by atoms with Crippen molar-refractivity contribution in [2.24, 2.45) is 0 Å². The summed E-state index contributed by atoms with van der Waals surface area (Å²) in [5, 5.41) is 44.2. The number of fused-ring (bicyclic) bond motifs is 4. The number of aliphatic hydroxyl groups is 4. The highest BCUT2D eigenvalue weighted by Crippen LogP contribution is 2.45. The normalized spacial score (nSPS) is 44.6. The predicted molar refractivity (Wildman–Crippen MR) is 66.9 cm³/mol. The van der Waals surface area contributed by atoms with Gasteiger partial charge >= 0.3 is 0 Å². The number of piperazine rings is 1. The van der Waals surface area contributed by atoms with Crippen LogP contribution in [0.15, 0.2) is 0 Å². The standard InChI is InChI=1S/C12H18N2O8/c1-9(19,4-15)6(16)11-7(17)14-12(20,8(18)13-11)10(5-22-10)2-3-21-11/h6,15-16,19-20H,2-5H2,1H3,(H,13,18)(H,14,17)/t6-,9-,10?,11-,12-/m0/s1. The number of rotatable bonds is 3. The lowest BCUT2D eigenvalue weighted by atomic mass is 9.82. The molecule has 4 rings (SSSR count). The van der Waals surface area contributed by atoms with E-state index in [1.165, 1.54) is 0 Å². The molecule has 4 aliphatic heterocycles. The summed E-state index contributed by atoms with van der Waals surface area (Å²) in [5.41, 5.74) is -7.97. The lowest BCUT2D eigenvalue weighted by Crippen LogP contribution is -2.85. The molecule has 0 aliphatic carbocycles. The Morgan fingerprint density at radius 2 is 1.95 bits per heavy atom. The minimum Gasteiger partial charge on any atom is -0.393 e. The van der Waals surface area contributed by atoms with Crippen molar-refractivity contribution in [3.8, 4) is 0 Å². The van der Waals surface area contributed by atoms with Gasteiger partial charge in [-0.1, -0.05) is 0 Å². The zero-order valence-electron chi connectivity index (χ0n) is 11.8. The number of carbonyl (C=O) groups excluding carboxylic acids is 2. The highest BCUT2D eigenvalue weighted by molar-refractivity contribution is 6.02. The monoisotopic (exact) mass is 318 g/mol. The Balaban J connectivity index is 2.01. The van der Waals surface area contributed by atoms with E-state index in [2.05, 4.69) is 10.6 Å². The van der Waals surface area contributed by atoms with Crippen LogP contribution in [-0.2, 0) is 19.1 Å². The SMILES string of the molecule is C[C@](O)(CO)[C@H](O)[C@@]12NC(=O)[C@@](O)(NC1=O)C1(CCO2)CO1. The summed E-state index contributed by atoms with van der Waals surface area (Å²) in [7, 11) is 0. The van der Waals surface area contributed by atoms with Gasteiger partial charge in [0.2, 0.25) is 0 Å². The molecule has 4 saturated heterocycles. The minimum atomic E-state index is -2.31. The molecule has 4 heterocycles. The first-order valence-electron chi connectivity index (χ1n) is 6.80. The molecule has 10 nitrogen and oxygen atoms in total. The highest BCUT2D eigenvalue weighted by Gasteiger charge is 2.73. The molecular weight excluding hydrogens is 300 g/mol. The van der Waals surface area contributed by atoms with Gasteiger partial charge in [0, 0.05) is 6.42 Å². The van der Waals surface area contributed by atoms with E-state index in [9.17, 15) is 24.9 Å². The number of amides is 2.